The van der Waals surface area contributed by atoms with Crippen LogP contribution in [0.15, 0.2) is 24.4 Å². The van der Waals surface area contributed by atoms with Crippen LogP contribution in [0.25, 0.3) is 10.9 Å². The van der Waals surface area contributed by atoms with Crippen LogP contribution in [-0.4, -0.2) is 57.5 Å². The minimum atomic E-state index is -1.09. The molecule has 160 valence electrons. The van der Waals surface area contributed by atoms with E-state index in [1.54, 1.807) is 6.20 Å². The standard InChI is InChI=1S/C18H19N3O9/c1-9(22)27-8-15-16(28-10(2)23)17(29-11(3)24)18(30-15)20-7-12-4-5-13(21(25)26)6-14(12)19-20/h4-7,15-18H,8H2,1-3H3/t15-,16-,17-,18-/m1/s1. The lowest BCUT2D eigenvalue weighted by atomic mass is 10.1. The minimum Gasteiger partial charge on any atom is -0.463 e. The molecule has 1 aromatic carbocycles. The highest BCUT2D eigenvalue weighted by molar-refractivity contribution is 5.80. The largest absolute Gasteiger partial charge is 0.463 e. The number of non-ortho nitro benzene ring substituents is 1. The lowest BCUT2D eigenvalue weighted by molar-refractivity contribution is -0.384. The van der Waals surface area contributed by atoms with Crippen molar-refractivity contribution in [2.75, 3.05) is 6.61 Å². The molecule has 0 bridgehead atoms. The van der Waals surface area contributed by atoms with Crippen molar-refractivity contribution >= 4 is 34.5 Å². The fourth-order valence-electron chi connectivity index (χ4n) is 3.17. The van der Waals surface area contributed by atoms with E-state index >= 15 is 0 Å². The Kier molecular flexibility index (Phi) is 5.96. The molecular formula is C18H19N3O9. The van der Waals surface area contributed by atoms with E-state index in [0.29, 0.717) is 10.9 Å². The number of carbonyl (C=O) groups excluding carboxylic acids is 3. The van der Waals surface area contributed by atoms with E-state index in [1.165, 1.54) is 43.7 Å². The van der Waals surface area contributed by atoms with Crippen molar-refractivity contribution < 1.29 is 38.3 Å². The predicted molar refractivity (Wildman–Crippen MR) is 98.0 cm³/mol. The second-order valence-corrected chi connectivity index (χ2v) is 6.63. The molecule has 0 radical (unpaired) electrons. The molecule has 0 aliphatic carbocycles. The van der Waals surface area contributed by atoms with Crippen LogP contribution in [-0.2, 0) is 33.3 Å². The summed E-state index contributed by atoms with van der Waals surface area (Å²) in [6, 6.07) is 4.15. The Bertz CT molecular complexity index is 1000. The zero-order valence-electron chi connectivity index (χ0n) is 16.3. The van der Waals surface area contributed by atoms with Gasteiger partial charge in [-0.15, -0.1) is 0 Å². The van der Waals surface area contributed by atoms with E-state index in [-0.39, 0.29) is 12.3 Å². The average molecular weight is 421 g/mol. The molecule has 4 atom stereocenters. The van der Waals surface area contributed by atoms with Crippen LogP contribution in [0.4, 0.5) is 5.69 Å². The Morgan fingerprint density at radius 3 is 2.40 bits per heavy atom. The van der Waals surface area contributed by atoms with Gasteiger partial charge in [0.1, 0.15) is 12.7 Å². The monoisotopic (exact) mass is 421 g/mol. The summed E-state index contributed by atoms with van der Waals surface area (Å²) in [5.41, 5.74) is 0.184. The molecule has 2 heterocycles. The zero-order valence-corrected chi connectivity index (χ0v) is 16.3. The fourth-order valence-corrected chi connectivity index (χ4v) is 3.17. The zero-order chi connectivity index (χ0) is 22.0. The number of nitrogens with zero attached hydrogens (tertiary/aromatic N) is 3. The summed E-state index contributed by atoms with van der Waals surface area (Å²) in [7, 11) is 0. The Morgan fingerprint density at radius 2 is 1.80 bits per heavy atom. The first kappa shape index (κ1) is 21.2. The van der Waals surface area contributed by atoms with Gasteiger partial charge in [-0.2, -0.15) is 5.10 Å². The van der Waals surface area contributed by atoms with Crippen molar-refractivity contribution in [3.63, 3.8) is 0 Å². The molecule has 0 amide bonds. The molecule has 1 aliphatic heterocycles. The number of hydrogen-bond donors (Lipinski definition) is 0. The van der Waals surface area contributed by atoms with Crippen LogP contribution in [0.1, 0.15) is 27.0 Å². The maximum Gasteiger partial charge on any atom is 0.303 e. The van der Waals surface area contributed by atoms with Crippen LogP contribution in [0, 0.1) is 10.1 Å². The van der Waals surface area contributed by atoms with Crippen molar-refractivity contribution in [3.05, 3.63) is 34.5 Å². The number of esters is 3. The van der Waals surface area contributed by atoms with Crippen LogP contribution in [0.2, 0.25) is 0 Å². The number of carbonyl (C=O) groups is 3. The highest BCUT2D eigenvalue weighted by Crippen LogP contribution is 2.35. The maximum atomic E-state index is 11.7. The number of aromatic nitrogens is 2. The van der Waals surface area contributed by atoms with Crippen LogP contribution >= 0.6 is 0 Å². The molecule has 1 aliphatic rings. The summed E-state index contributed by atoms with van der Waals surface area (Å²) in [6.45, 7) is 3.34. The van der Waals surface area contributed by atoms with Crippen LogP contribution < -0.4 is 0 Å². The molecular weight excluding hydrogens is 402 g/mol. The van der Waals surface area contributed by atoms with E-state index in [2.05, 4.69) is 5.10 Å². The topological polar surface area (TPSA) is 149 Å². The first-order chi connectivity index (χ1) is 14.2. The summed E-state index contributed by atoms with van der Waals surface area (Å²) in [4.78, 5) is 44.9. The second-order valence-electron chi connectivity index (χ2n) is 6.63. The third-order valence-electron chi connectivity index (χ3n) is 4.32. The Hall–Kier alpha value is -3.54. The van der Waals surface area contributed by atoms with Gasteiger partial charge in [-0.3, -0.25) is 24.5 Å². The Balaban J connectivity index is 1.98. The minimum absolute atomic E-state index is 0.137. The van der Waals surface area contributed by atoms with Gasteiger partial charge >= 0.3 is 17.9 Å². The quantitative estimate of drug-likeness (QED) is 0.289. The molecule has 0 unspecified atom stereocenters. The van der Waals surface area contributed by atoms with Gasteiger partial charge in [0.05, 0.1) is 10.4 Å². The molecule has 30 heavy (non-hydrogen) atoms. The number of hydrogen-bond acceptors (Lipinski definition) is 10. The predicted octanol–water partition coefficient (Wildman–Crippen LogP) is 1.27. The molecule has 12 heteroatoms. The molecule has 1 fully saturated rings. The number of ether oxygens (including phenoxy) is 4. The van der Waals surface area contributed by atoms with Gasteiger partial charge in [-0.05, 0) is 6.07 Å². The van der Waals surface area contributed by atoms with Gasteiger partial charge in [0.2, 0.25) is 0 Å². The first-order valence-electron chi connectivity index (χ1n) is 8.92. The molecule has 0 saturated carbocycles. The van der Waals surface area contributed by atoms with Crippen molar-refractivity contribution in [1.29, 1.82) is 0 Å². The molecule has 1 saturated heterocycles. The number of fused-ring (bicyclic) bond motifs is 1. The molecule has 12 nitrogen and oxygen atoms in total. The van der Waals surface area contributed by atoms with E-state index in [1.807, 2.05) is 0 Å². The normalized spacial score (nSPS) is 23.2. The van der Waals surface area contributed by atoms with Gasteiger partial charge in [0.25, 0.3) is 5.69 Å². The number of nitro benzene ring substituents is 1. The van der Waals surface area contributed by atoms with Crippen LogP contribution in [0.3, 0.4) is 0 Å². The van der Waals surface area contributed by atoms with Gasteiger partial charge in [0.15, 0.2) is 18.4 Å². The third-order valence-corrected chi connectivity index (χ3v) is 4.32. The summed E-state index contributed by atoms with van der Waals surface area (Å²) in [5, 5.41) is 15.9. The molecule has 1 aromatic heterocycles. The number of rotatable bonds is 6. The fraction of sp³-hybridized carbons (Fsp3) is 0.444. The summed E-state index contributed by atoms with van der Waals surface area (Å²) < 4.78 is 22.8. The van der Waals surface area contributed by atoms with E-state index in [0.717, 1.165) is 0 Å². The Morgan fingerprint density at radius 1 is 1.13 bits per heavy atom. The molecule has 3 rings (SSSR count). The van der Waals surface area contributed by atoms with E-state index < -0.39 is 47.4 Å². The second kappa shape index (κ2) is 8.45. The smallest absolute Gasteiger partial charge is 0.303 e. The molecule has 0 N–H and O–H groups in total. The van der Waals surface area contributed by atoms with Crippen molar-refractivity contribution in [2.45, 2.75) is 45.3 Å². The van der Waals surface area contributed by atoms with Gasteiger partial charge in [-0.25, -0.2) is 4.68 Å². The lowest BCUT2D eigenvalue weighted by Crippen LogP contribution is -2.40. The highest BCUT2D eigenvalue weighted by atomic mass is 16.7. The van der Waals surface area contributed by atoms with Crippen molar-refractivity contribution in [3.8, 4) is 0 Å². The molecule has 2 aromatic rings. The van der Waals surface area contributed by atoms with Gasteiger partial charge < -0.3 is 18.9 Å². The third kappa shape index (κ3) is 4.54. The summed E-state index contributed by atoms with van der Waals surface area (Å²) in [6.07, 6.45) is -2.54. The summed E-state index contributed by atoms with van der Waals surface area (Å²) in [5.74, 6) is -1.86. The SMILES string of the molecule is CC(=O)OC[C@H]1O[C@@H](n2cc3ccc([N+](=O)[O-])cc3n2)[C@H](OC(C)=O)[C@@H]1OC(C)=O. The van der Waals surface area contributed by atoms with Crippen molar-refractivity contribution in [2.24, 2.45) is 0 Å². The summed E-state index contributed by atoms with van der Waals surface area (Å²) >= 11 is 0. The first-order valence-corrected chi connectivity index (χ1v) is 8.92. The van der Waals surface area contributed by atoms with Gasteiger partial charge in [-0.1, -0.05) is 0 Å². The van der Waals surface area contributed by atoms with Crippen LogP contribution in [0.5, 0.6) is 0 Å². The van der Waals surface area contributed by atoms with Crippen molar-refractivity contribution in [1.82, 2.24) is 9.78 Å². The average Bonchev–Trinajstić information content (AvgIpc) is 3.20. The van der Waals surface area contributed by atoms with E-state index in [9.17, 15) is 24.5 Å². The van der Waals surface area contributed by atoms with E-state index in [4.69, 9.17) is 18.9 Å². The van der Waals surface area contributed by atoms with Gasteiger partial charge in [0, 0.05) is 44.5 Å². The number of nitro groups is 1. The lowest BCUT2D eigenvalue weighted by Gasteiger charge is -2.23. The Labute approximate surface area is 169 Å². The molecule has 0 spiro atoms. The maximum absolute atomic E-state index is 11.7. The number of benzene rings is 1. The highest BCUT2D eigenvalue weighted by Gasteiger charge is 2.51.